The highest BCUT2D eigenvalue weighted by Gasteiger charge is 2.34. The average Bonchev–Trinajstić information content (AvgIpc) is 2.78. The Morgan fingerprint density at radius 2 is 1.77 bits per heavy atom. The molecule has 0 bridgehead atoms. The van der Waals surface area contributed by atoms with Gasteiger partial charge in [0.15, 0.2) is 5.96 Å². The number of hydrogen-bond acceptors (Lipinski definition) is 3. The van der Waals surface area contributed by atoms with Gasteiger partial charge in [0.1, 0.15) is 0 Å². The maximum atomic E-state index is 6.26. The molecule has 6 heteroatoms. The molecule has 0 aromatic heterocycles. The minimum atomic E-state index is -0.0339. The second-order valence-corrected chi connectivity index (χ2v) is 8.27. The van der Waals surface area contributed by atoms with Crippen LogP contribution in [0.5, 0.6) is 0 Å². The molecule has 30 heavy (non-hydrogen) atoms. The molecule has 5 nitrogen and oxygen atoms in total. The molecule has 0 spiro atoms. The lowest BCUT2D eigenvalue weighted by molar-refractivity contribution is 0.0355. The third-order valence-electron chi connectivity index (χ3n) is 5.73. The Hall–Kier alpha value is -2.08. The van der Waals surface area contributed by atoms with E-state index in [2.05, 4.69) is 64.3 Å². The number of nitrogens with zero attached hydrogens (tertiary/aromatic N) is 1. The Bertz CT molecular complexity index is 806. The van der Waals surface area contributed by atoms with Crippen LogP contribution < -0.4 is 16.0 Å². The van der Waals surface area contributed by atoms with Crippen LogP contribution in [0.2, 0.25) is 5.02 Å². The molecule has 0 aliphatic carbocycles. The minimum Gasteiger partial charge on any atom is -0.381 e. The van der Waals surface area contributed by atoms with Crippen molar-refractivity contribution >= 4 is 17.6 Å². The van der Waals surface area contributed by atoms with E-state index in [4.69, 9.17) is 16.3 Å². The van der Waals surface area contributed by atoms with Crippen LogP contribution in [0.1, 0.15) is 36.9 Å². The van der Waals surface area contributed by atoms with Crippen molar-refractivity contribution in [1.82, 2.24) is 16.0 Å². The quantitative estimate of drug-likeness (QED) is 0.440. The van der Waals surface area contributed by atoms with E-state index < -0.39 is 0 Å². The van der Waals surface area contributed by atoms with Gasteiger partial charge < -0.3 is 20.7 Å². The lowest BCUT2D eigenvalue weighted by Gasteiger charge is -2.41. The molecule has 1 atom stereocenters. The monoisotopic (exact) mass is 428 g/mol. The Morgan fingerprint density at radius 1 is 1.07 bits per heavy atom. The van der Waals surface area contributed by atoms with Crippen molar-refractivity contribution in [2.45, 2.75) is 37.8 Å². The van der Waals surface area contributed by atoms with E-state index in [9.17, 15) is 0 Å². The molecule has 1 heterocycles. The minimum absolute atomic E-state index is 0.0339. The maximum absolute atomic E-state index is 6.26. The Morgan fingerprint density at radius 3 is 2.47 bits per heavy atom. The van der Waals surface area contributed by atoms with Gasteiger partial charge in [0.25, 0.3) is 0 Å². The third kappa shape index (κ3) is 6.46. The lowest BCUT2D eigenvalue weighted by atomic mass is 9.88. The number of nitrogens with one attached hydrogen (secondary N) is 3. The Kier molecular flexibility index (Phi) is 8.55. The van der Waals surface area contributed by atoms with E-state index in [0.717, 1.165) is 62.1 Å². The second-order valence-electron chi connectivity index (χ2n) is 7.86. The maximum Gasteiger partial charge on any atom is 0.191 e. The van der Waals surface area contributed by atoms with Crippen LogP contribution in [-0.4, -0.2) is 44.8 Å². The first-order valence-corrected chi connectivity index (χ1v) is 11.1. The summed E-state index contributed by atoms with van der Waals surface area (Å²) in [5, 5.41) is 11.6. The first-order valence-electron chi connectivity index (χ1n) is 10.7. The van der Waals surface area contributed by atoms with Gasteiger partial charge in [-0.25, -0.2) is 0 Å². The average molecular weight is 429 g/mol. The number of aliphatic imine (C=N–C) groups is 1. The van der Waals surface area contributed by atoms with Crippen molar-refractivity contribution in [3.63, 3.8) is 0 Å². The number of hydrogen-bond donors (Lipinski definition) is 3. The van der Waals surface area contributed by atoms with Crippen LogP contribution in [0.3, 0.4) is 0 Å². The molecule has 0 amide bonds. The van der Waals surface area contributed by atoms with Gasteiger partial charge in [0.05, 0.1) is 0 Å². The summed E-state index contributed by atoms with van der Waals surface area (Å²) in [4.78, 5) is 4.40. The number of ether oxygens (including phenoxy) is 1. The first kappa shape index (κ1) is 22.6. The lowest BCUT2D eigenvalue weighted by Crippen LogP contribution is -2.58. The number of guanidine groups is 1. The Labute approximate surface area is 185 Å². The van der Waals surface area contributed by atoms with Crippen molar-refractivity contribution in [2.24, 2.45) is 4.99 Å². The number of benzene rings is 2. The van der Waals surface area contributed by atoms with E-state index in [-0.39, 0.29) is 11.6 Å². The van der Waals surface area contributed by atoms with Crippen LogP contribution in [0, 0.1) is 0 Å². The van der Waals surface area contributed by atoms with E-state index in [1.807, 2.05) is 25.2 Å². The van der Waals surface area contributed by atoms with E-state index >= 15 is 0 Å². The highest BCUT2D eigenvalue weighted by Crippen LogP contribution is 2.25. The smallest absolute Gasteiger partial charge is 0.191 e. The third-order valence-corrected chi connectivity index (χ3v) is 6.10. The predicted molar refractivity (Wildman–Crippen MR) is 125 cm³/mol. The van der Waals surface area contributed by atoms with Crippen LogP contribution in [-0.2, 0) is 11.2 Å². The van der Waals surface area contributed by atoms with Crippen LogP contribution in [0.15, 0.2) is 59.6 Å². The van der Waals surface area contributed by atoms with E-state index in [1.165, 1.54) is 5.56 Å². The normalized spacial score (nSPS) is 17.4. The van der Waals surface area contributed by atoms with Crippen LogP contribution in [0.25, 0.3) is 0 Å². The summed E-state index contributed by atoms with van der Waals surface area (Å²) in [6.07, 6.45) is 2.78. The fraction of sp³-hybridized carbons (Fsp3) is 0.458. The van der Waals surface area contributed by atoms with Crippen molar-refractivity contribution < 1.29 is 4.74 Å². The fourth-order valence-electron chi connectivity index (χ4n) is 3.91. The predicted octanol–water partition coefficient (Wildman–Crippen LogP) is 3.95. The standard InChI is InChI=1S/C24H33ClN4O/c1-19(20-8-4-3-5-9-20)29-24(13-16-30-17-14-24)18-28-23(26-2)27-15-12-21-10-6-7-11-22(21)25/h3-11,19,29H,12-18H2,1-2H3,(H2,26,27,28). The van der Waals surface area contributed by atoms with Gasteiger partial charge in [-0.3, -0.25) is 4.99 Å². The summed E-state index contributed by atoms with van der Waals surface area (Å²) < 4.78 is 5.64. The van der Waals surface area contributed by atoms with Gasteiger partial charge >= 0.3 is 0 Å². The summed E-state index contributed by atoms with van der Waals surface area (Å²) in [7, 11) is 1.81. The highest BCUT2D eigenvalue weighted by atomic mass is 35.5. The van der Waals surface area contributed by atoms with Crippen molar-refractivity contribution in [3.8, 4) is 0 Å². The van der Waals surface area contributed by atoms with Crippen LogP contribution >= 0.6 is 11.6 Å². The zero-order valence-corrected chi connectivity index (χ0v) is 18.7. The summed E-state index contributed by atoms with van der Waals surface area (Å²) in [6, 6.07) is 18.8. The van der Waals surface area contributed by atoms with Crippen molar-refractivity contribution in [1.29, 1.82) is 0 Å². The summed E-state index contributed by atoms with van der Waals surface area (Å²) in [5.41, 5.74) is 2.40. The number of halogens is 1. The van der Waals surface area contributed by atoms with Gasteiger partial charge in [-0.1, -0.05) is 60.1 Å². The molecular weight excluding hydrogens is 396 g/mol. The molecule has 3 N–H and O–H groups in total. The van der Waals surface area contributed by atoms with Gasteiger partial charge in [0, 0.05) is 50.0 Å². The van der Waals surface area contributed by atoms with Gasteiger partial charge in [-0.05, 0) is 43.4 Å². The molecule has 1 fully saturated rings. The molecule has 162 valence electrons. The largest absolute Gasteiger partial charge is 0.381 e. The first-order chi connectivity index (χ1) is 14.6. The van der Waals surface area contributed by atoms with Gasteiger partial charge in [-0.2, -0.15) is 0 Å². The summed E-state index contributed by atoms with van der Waals surface area (Å²) in [5.74, 6) is 0.807. The zero-order chi connectivity index (χ0) is 21.2. The molecular formula is C24H33ClN4O. The molecule has 3 rings (SSSR count). The zero-order valence-electron chi connectivity index (χ0n) is 18.0. The van der Waals surface area contributed by atoms with Gasteiger partial charge in [-0.15, -0.1) is 0 Å². The molecule has 1 saturated heterocycles. The summed E-state index contributed by atoms with van der Waals surface area (Å²) in [6.45, 7) is 5.33. The topological polar surface area (TPSA) is 57.7 Å². The van der Waals surface area contributed by atoms with Crippen LogP contribution in [0.4, 0.5) is 0 Å². The molecule has 2 aromatic rings. The Balaban J connectivity index is 1.55. The van der Waals surface area contributed by atoms with Crippen molar-refractivity contribution in [3.05, 3.63) is 70.7 Å². The number of rotatable bonds is 8. The molecule has 0 radical (unpaired) electrons. The SMILES string of the molecule is CN=C(NCCc1ccccc1Cl)NCC1(NC(C)c2ccccc2)CCOCC1. The summed E-state index contributed by atoms with van der Waals surface area (Å²) >= 11 is 6.26. The molecule has 1 aliphatic rings. The van der Waals surface area contributed by atoms with E-state index in [0.29, 0.717) is 0 Å². The van der Waals surface area contributed by atoms with Crippen molar-refractivity contribution in [2.75, 3.05) is 33.4 Å². The van der Waals surface area contributed by atoms with E-state index in [1.54, 1.807) is 0 Å². The molecule has 1 aliphatic heterocycles. The molecule has 0 saturated carbocycles. The molecule has 1 unspecified atom stereocenters. The highest BCUT2D eigenvalue weighted by molar-refractivity contribution is 6.31. The van der Waals surface area contributed by atoms with Gasteiger partial charge in [0.2, 0.25) is 0 Å². The second kappa shape index (κ2) is 11.3. The fourth-order valence-corrected chi connectivity index (χ4v) is 4.14. The molecule has 2 aromatic carbocycles.